The summed E-state index contributed by atoms with van der Waals surface area (Å²) >= 11 is 0. The minimum atomic E-state index is -0.463. The number of carbonyl (C=O) groups excluding carboxylic acids is 2. The van der Waals surface area contributed by atoms with Crippen molar-refractivity contribution in [2.24, 2.45) is 5.92 Å². The molecule has 1 atom stereocenters. The first-order chi connectivity index (χ1) is 14.6. The van der Waals surface area contributed by atoms with Crippen molar-refractivity contribution in [1.29, 1.82) is 0 Å². The van der Waals surface area contributed by atoms with E-state index in [1.807, 2.05) is 34.1 Å². The fourth-order valence-corrected chi connectivity index (χ4v) is 3.90. The van der Waals surface area contributed by atoms with Crippen molar-refractivity contribution in [3.63, 3.8) is 0 Å². The normalized spacial score (nSPS) is 15.3. The van der Waals surface area contributed by atoms with Gasteiger partial charge in [-0.05, 0) is 31.9 Å². The summed E-state index contributed by atoms with van der Waals surface area (Å²) < 4.78 is 5.22. The highest BCUT2D eigenvalue weighted by Crippen LogP contribution is 2.24. The van der Waals surface area contributed by atoms with Crippen molar-refractivity contribution >= 4 is 28.7 Å². The minimum absolute atomic E-state index is 0.104. The molecular weight excluding hydrogens is 380 g/mol. The maximum absolute atomic E-state index is 12.9. The molecule has 0 radical (unpaired) electrons. The molecule has 1 aromatic carbocycles. The van der Waals surface area contributed by atoms with Gasteiger partial charge in [0.25, 0.3) is 0 Å². The van der Waals surface area contributed by atoms with Crippen LogP contribution in [0.1, 0.15) is 56.9 Å². The summed E-state index contributed by atoms with van der Waals surface area (Å²) in [5.41, 5.74) is 1.65. The molecule has 0 N–H and O–H groups in total. The van der Waals surface area contributed by atoms with Crippen molar-refractivity contribution in [2.45, 2.75) is 46.5 Å². The van der Waals surface area contributed by atoms with E-state index < -0.39 is 5.97 Å². The van der Waals surface area contributed by atoms with E-state index in [0.717, 1.165) is 31.2 Å². The van der Waals surface area contributed by atoms with Crippen molar-refractivity contribution in [1.82, 2.24) is 14.9 Å². The van der Waals surface area contributed by atoms with Gasteiger partial charge in [-0.25, -0.2) is 14.8 Å². The van der Waals surface area contributed by atoms with Gasteiger partial charge in [0, 0.05) is 32.1 Å². The zero-order chi connectivity index (χ0) is 21.5. The molecule has 0 bridgehead atoms. The van der Waals surface area contributed by atoms with Crippen LogP contribution in [-0.2, 0) is 9.53 Å². The summed E-state index contributed by atoms with van der Waals surface area (Å²) in [6.45, 7) is 8.79. The highest BCUT2D eigenvalue weighted by Gasteiger charge is 2.29. The molecule has 1 aliphatic rings. The molecule has 0 saturated carbocycles. The summed E-state index contributed by atoms with van der Waals surface area (Å²) in [7, 11) is 0. The molecule has 0 aliphatic carbocycles. The first kappa shape index (κ1) is 22.0. The molecule has 0 unspecified atom stereocenters. The average molecular weight is 413 g/mol. The molecule has 1 fully saturated rings. The third-order valence-corrected chi connectivity index (χ3v) is 5.66. The SMILES string of the molecule is CCCC[C@@H](CC)C(=O)N1CCN(c2nc3ccccc3nc2C(=O)OCC)CC1. The molecule has 7 nitrogen and oxygen atoms in total. The Balaban J connectivity index is 1.78. The van der Waals surface area contributed by atoms with Crippen molar-refractivity contribution in [3.8, 4) is 0 Å². The topological polar surface area (TPSA) is 75.6 Å². The van der Waals surface area contributed by atoms with E-state index in [4.69, 9.17) is 9.72 Å². The van der Waals surface area contributed by atoms with Crippen molar-refractivity contribution < 1.29 is 14.3 Å². The molecule has 1 aliphatic heterocycles. The summed E-state index contributed by atoms with van der Waals surface area (Å²) in [5, 5.41) is 0. The summed E-state index contributed by atoms with van der Waals surface area (Å²) in [6, 6.07) is 7.51. The Bertz CT molecular complexity index is 878. The Hall–Kier alpha value is -2.70. The molecule has 30 heavy (non-hydrogen) atoms. The number of ether oxygens (including phenoxy) is 1. The van der Waals surface area contributed by atoms with E-state index in [0.29, 0.717) is 37.5 Å². The van der Waals surface area contributed by atoms with Gasteiger partial charge in [-0.3, -0.25) is 4.79 Å². The van der Waals surface area contributed by atoms with Crippen LogP contribution in [0.5, 0.6) is 0 Å². The van der Waals surface area contributed by atoms with Gasteiger partial charge >= 0.3 is 5.97 Å². The number of hydrogen-bond donors (Lipinski definition) is 0. The Morgan fingerprint density at radius 1 is 1.03 bits per heavy atom. The molecule has 1 saturated heterocycles. The standard InChI is InChI=1S/C23H32N4O3/c1-4-7-10-17(5-2)22(28)27-15-13-26(14-16-27)21-20(23(29)30-6-3)24-18-11-8-9-12-19(18)25-21/h8-9,11-12,17H,4-7,10,13-16H2,1-3H3/t17-/m1/s1. The van der Waals surface area contributed by atoms with Crippen LogP contribution in [0, 0.1) is 5.92 Å². The number of rotatable bonds is 8. The number of nitrogens with zero attached hydrogens (tertiary/aromatic N) is 4. The summed E-state index contributed by atoms with van der Waals surface area (Å²) in [4.78, 5) is 38.7. The van der Waals surface area contributed by atoms with Crippen LogP contribution in [0.2, 0.25) is 0 Å². The lowest BCUT2D eigenvalue weighted by Gasteiger charge is -2.37. The highest BCUT2D eigenvalue weighted by molar-refractivity contribution is 5.95. The van der Waals surface area contributed by atoms with Crippen LogP contribution in [0.15, 0.2) is 24.3 Å². The lowest BCUT2D eigenvalue weighted by Crippen LogP contribution is -2.51. The number of benzene rings is 1. The van der Waals surface area contributed by atoms with Crippen LogP contribution in [-0.4, -0.2) is 59.5 Å². The third kappa shape index (κ3) is 4.89. The highest BCUT2D eigenvalue weighted by atomic mass is 16.5. The van der Waals surface area contributed by atoms with Crippen LogP contribution in [0.3, 0.4) is 0 Å². The number of anilines is 1. The Labute approximate surface area is 178 Å². The quantitative estimate of drug-likeness (QED) is 0.616. The molecule has 2 heterocycles. The van der Waals surface area contributed by atoms with E-state index in [2.05, 4.69) is 18.8 Å². The Morgan fingerprint density at radius 3 is 2.30 bits per heavy atom. The smallest absolute Gasteiger partial charge is 0.360 e. The van der Waals surface area contributed by atoms with Gasteiger partial charge in [0.1, 0.15) is 0 Å². The first-order valence-corrected chi connectivity index (χ1v) is 11.1. The van der Waals surface area contributed by atoms with Gasteiger partial charge < -0.3 is 14.5 Å². The van der Waals surface area contributed by atoms with Crippen LogP contribution in [0.4, 0.5) is 5.82 Å². The molecule has 1 aromatic heterocycles. The maximum atomic E-state index is 12.9. The second-order valence-electron chi connectivity index (χ2n) is 7.66. The van der Waals surface area contributed by atoms with Crippen molar-refractivity contribution in [3.05, 3.63) is 30.0 Å². The maximum Gasteiger partial charge on any atom is 0.360 e. The molecule has 3 rings (SSSR count). The molecule has 2 aromatic rings. The second-order valence-corrected chi connectivity index (χ2v) is 7.66. The van der Waals surface area contributed by atoms with E-state index >= 15 is 0 Å². The number of esters is 1. The molecular formula is C23H32N4O3. The second kappa shape index (κ2) is 10.4. The van der Waals surface area contributed by atoms with Gasteiger partial charge in [-0.15, -0.1) is 0 Å². The predicted molar refractivity (Wildman–Crippen MR) is 118 cm³/mol. The van der Waals surface area contributed by atoms with E-state index in [1.54, 1.807) is 6.92 Å². The average Bonchev–Trinajstić information content (AvgIpc) is 2.78. The van der Waals surface area contributed by atoms with Crippen LogP contribution >= 0.6 is 0 Å². The third-order valence-electron chi connectivity index (χ3n) is 5.66. The minimum Gasteiger partial charge on any atom is -0.461 e. The van der Waals surface area contributed by atoms with Crippen LogP contribution in [0.25, 0.3) is 11.0 Å². The Kier molecular flexibility index (Phi) is 7.60. The number of para-hydroxylation sites is 2. The zero-order valence-corrected chi connectivity index (χ0v) is 18.3. The van der Waals surface area contributed by atoms with Gasteiger partial charge in [0.05, 0.1) is 17.6 Å². The fourth-order valence-electron chi connectivity index (χ4n) is 3.90. The fraction of sp³-hybridized carbons (Fsp3) is 0.565. The van der Waals surface area contributed by atoms with Gasteiger partial charge in [0.2, 0.25) is 5.91 Å². The monoisotopic (exact) mass is 412 g/mol. The molecule has 1 amide bonds. The number of unbranched alkanes of at least 4 members (excludes halogenated alkanes) is 1. The molecule has 162 valence electrons. The lowest BCUT2D eigenvalue weighted by molar-refractivity contribution is -0.136. The van der Waals surface area contributed by atoms with E-state index in [1.165, 1.54) is 0 Å². The largest absolute Gasteiger partial charge is 0.461 e. The van der Waals surface area contributed by atoms with E-state index in [9.17, 15) is 9.59 Å². The summed E-state index contributed by atoms with van der Waals surface area (Å²) in [6.07, 6.45) is 4.02. The first-order valence-electron chi connectivity index (χ1n) is 11.1. The zero-order valence-electron chi connectivity index (χ0n) is 18.3. The molecule has 0 spiro atoms. The van der Waals surface area contributed by atoms with Gasteiger partial charge in [-0.1, -0.05) is 38.8 Å². The van der Waals surface area contributed by atoms with Gasteiger partial charge in [0.15, 0.2) is 11.5 Å². The van der Waals surface area contributed by atoms with Crippen molar-refractivity contribution in [2.75, 3.05) is 37.7 Å². The number of fused-ring (bicyclic) bond motifs is 1. The van der Waals surface area contributed by atoms with E-state index in [-0.39, 0.29) is 24.1 Å². The summed E-state index contributed by atoms with van der Waals surface area (Å²) in [5.74, 6) is 0.431. The molecule has 7 heteroatoms. The Morgan fingerprint density at radius 2 is 1.70 bits per heavy atom. The van der Waals surface area contributed by atoms with Crippen LogP contribution < -0.4 is 4.90 Å². The number of aromatic nitrogens is 2. The van der Waals surface area contributed by atoms with Gasteiger partial charge in [-0.2, -0.15) is 0 Å². The predicted octanol–water partition coefficient (Wildman–Crippen LogP) is 3.67. The number of amides is 1. The number of hydrogen-bond acceptors (Lipinski definition) is 6. The lowest BCUT2D eigenvalue weighted by atomic mass is 9.97. The number of carbonyl (C=O) groups is 2. The number of piperazine rings is 1.